The second kappa shape index (κ2) is 3.02. The Morgan fingerprint density at radius 1 is 1.33 bits per heavy atom. The van der Waals surface area contributed by atoms with Crippen LogP contribution in [0.1, 0.15) is 13.8 Å². The van der Waals surface area contributed by atoms with E-state index in [1.165, 1.54) is 6.92 Å². The molecule has 3 heteroatoms. The molecular formula is C6H8O3. The Bertz CT molecular complexity index is 167. The minimum atomic E-state index is -0.641. The van der Waals surface area contributed by atoms with Crippen molar-refractivity contribution < 1.29 is 14.7 Å². The summed E-state index contributed by atoms with van der Waals surface area (Å²) in [7, 11) is 0. The van der Waals surface area contributed by atoms with Crippen LogP contribution in [0.5, 0.6) is 0 Å². The average molecular weight is 128 g/mol. The number of hydrogen-bond donors (Lipinski definition) is 1. The number of allylic oxidation sites excluding steroid dienone is 1. The van der Waals surface area contributed by atoms with Crippen molar-refractivity contribution in [3.05, 3.63) is 11.8 Å². The van der Waals surface area contributed by atoms with E-state index in [2.05, 4.69) is 0 Å². The first-order valence-corrected chi connectivity index (χ1v) is 2.46. The Labute approximate surface area is 53.0 Å². The highest BCUT2D eigenvalue weighted by atomic mass is 16.2. The van der Waals surface area contributed by atoms with Gasteiger partial charge in [-0.15, -0.1) is 0 Å². The molecule has 0 aliphatic carbocycles. The van der Waals surface area contributed by atoms with Crippen LogP contribution in [0.3, 0.4) is 0 Å². The van der Waals surface area contributed by atoms with E-state index in [1.54, 1.807) is 0 Å². The molecule has 3 nitrogen and oxygen atoms in total. The van der Waals surface area contributed by atoms with Crippen LogP contribution in [-0.4, -0.2) is 16.7 Å². The molecular weight excluding hydrogens is 120 g/mol. The second-order valence-corrected chi connectivity index (χ2v) is 1.70. The Morgan fingerprint density at radius 2 is 1.78 bits per heavy atom. The van der Waals surface area contributed by atoms with Crippen molar-refractivity contribution in [2.45, 2.75) is 13.8 Å². The molecule has 0 aromatic heterocycles. The highest BCUT2D eigenvalue weighted by Gasteiger charge is 2.08. The highest BCUT2D eigenvalue weighted by Crippen LogP contribution is 1.92. The number of aliphatic hydroxyl groups is 1. The summed E-state index contributed by atoms with van der Waals surface area (Å²) in [6.07, 6.45) is 0.629. The Morgan fingerprint density at radius 3 is 1.89 bits per heavy atom. The van der Waals surface area contributed by atoms with E-state index in [-0.39, 0.29) is 5.57 Å². The predicted octanol–water partition coefficient (Wildman–Crippen LogP) is 0.606. The van der Waals surface area contributed by atoms with Crippen LogP contribution in [0.15, 0.2) is 11.8 Å². The topological polar surface area (TPSA) is 54.4 Å². The van der Waals surface area contributed by atoms with Gasteiger partial charge >= 0.3 is 0 Å². The van der Waals surface area contributed by atoms with Gasteiger partial charge in [0, 0.05) is 12.5 Å². The number of carbonyl (C=O) groups is 2. The second-order valence-electron chi connectivity index (χ2n) is 1.70. The fourth-order valence-electron chi connectivity index (χ4n) is 0.336. The van der Waals surface area contributed by atoms with Crippen molar-refractivity contribution in [3.8, 4) is 0 Å². The molecule has 0 aliphatic heterocycles. The summed E-state index contributed by atoms with van der Waals surface area (Å²) in [6.45, 7) is 2.54. The lowest BCUT2D eigenvalue weighted by Gasteiger charge is -1.89. The molecule has 0 fully saturated rings. The SMILES string of the molecule is CC(=O)C(=O)/C(C)=C/O. The van der Waals surface area contributed by atoms with Crippen molar-refractivity contribution in [1.82, 2.24) is 0 Å². The van der Waals surface area contributed by atoms with Gasteiger partial charge in [-0.05, 0) is 6.92 Å². The number of carbonyl (C=O) groups excluding carboxylic acids is 2. The standard InChI is InChI=1S/C6H8O3/c1-4(3-7)6(9)5(2)8/h3,7H,1-2H3/b4-3+. The molecule has 1 N–H and O–H groups in total. The molecule has 50 valence electrons. The number of rotatable bonds is 2. The molecule has 0 unspecified atom stereocenters. The summed E-state index contributed by atoms with van der Waals surface area (Å²) in [5, 5.41) is 8.22. The molecule has 9 heavy (non-hydrogen) atoms. The van der Waals surface area contributed by atoms with Crippen LogP contribution >= 0.6 is 0 Å². The lowest BCUT2D eigenvalue weighted by molar-refractivity contribution is -0.133. The smallest absolute Gasteiger partial charge is 0.227 e. The third-order valence-electron chi connectivity index (χ3n) is 0.872. The summed E-state index contributed by atoms with van der Waals surface area (Å²) in [4.78, 5) is 20.7. The van der Waals surface area contributed by atoms with E-state index in [4.69, 9.17) is 5.11 Å². The Balaban J connectivity index is 4.23. The highest BCUT2D eigenvalue weighted by molar-refractivity contribution is 6.42. The molecule has 0 heterocycles. The van der Waals surface area contributed by atoms with Crippen LogP contribution in [0.4, 0.5) is 0 Å². The van der Waals surface area contributed by atoms with E-state index < -0.39 is 11.6 Å². The van der Waals surface area contributed by atoms with Crippen molar-refractivity contribution in [3.63, 3.8) is 0 Å². The fourth-order valence-corrected chi connectivity index (χ4v) is 0.336. The van der Waals surface area contributed by atoms with Gasteiger partial charge in [-0.2, -0.15) is 0 Å². The normalized spacial score (nSPS) is 11.1. The first-order valence-electron chi connectivity index (χ1n) is 2.46. The summed E-state index contributed by atoms with van der Waals surface area (Å²) >= 11 is 0. The molecule has 0 aromatic rings. The van der Waals surface area contributed by atoms with Crippen molar-refractivity contribution in [1.29, 1.82) is 0 Å². The van der Waals surface area contributed by atoms with E-state index in [1.807, 2.05) is 0 Å². The lowest BCUT2D eigenvalue weighted by Crippen LogP contribution is -2.09. The lowest BCUT2D eigenvalue weighted by atomic mass is 10.1. The average Bonchev–Trinajstić information content (AvgIpc) is 1.84. The summed E-state index contributed by atoms with van der Waals surface area (Å²) in [6, 6.07) is 0. The minimum Gasteiger partial charge on any atom is -0.515 e. The van der Waals surface area contributed by atoms with Gasteiger partial charge in [0.2, 0.25) is 5.78 Å². The molecule has 0 bridgehead atoms. The fraction of sp³-hybridized carbons (Fsp3) is 0.333. The van der Waals surface area contributed by atoms with E-state index in [9.17, 15) is 9.59 Å². The molecule has 0 rings (SSSR count). The van der Waals surface area contributed by atoms with Gasteiger partial charge in [-0.1, -0.05) is 0 Å². The Hall–Kier alpha value is -1.12. The largest absolute Gasteiger partial charge is 0.515 e. The summed E-state index contributed by atoms with van der Waals surface area (Å²) < 4.78 is 0. The van der Waals surface area contributed by atoms with Gasteiger partial charge < -0.3 is 5.11 Å². The van der Waals surface area contributed by atoms with Crippen LogP contribution in [0.25, 0.3) is 0 Å². The third kappa shape index (κ3) is 2.08. The van der Waals surface area contributed by atoms with E-state index >= 15 is 0 Å². The van der Waals surface area contributed by atoms with Crippen molar-refractivity contribution in [2.24, 2.45) is 0 Å². The van der Waals surface area contributed by atoms with Crippen LogP contribution in [-0.2, 0) is 9.59 Å². The first kappa shape index (κ1) is 7.88. The number of ketones is 2. The number of Topliss-reactive ketones (excluding diaryl/α,β-unsaturated/α-hetero) is 2. The zero-order chi connectivity index (χ0) is 7.44. The molecule has 0 aromatic carbocycles. The molecule has 0 radical (unpaired) electrons. The zero-order valence-electron chi connectivity index (χ0n) is 5.34. The van der Waals surface area contributed by atoms with Crippen LogP contribution in [0.2, 0.25) is 0 Å². The zero-order valence-corrected chi connectivity index (χ0v) is 5.34. The Kier molecular flexibility index (Phi) is 2.64. The third-order valence-corrected chi connectivity index (χ3v) is 0.872. The number of hydrogen-bond acceptors (Lipinski definition) is 3. The van der Waals surface area contributed by atoms with E-state index in [0.717, 1.165) is 6.92 Å². The van der Waals surface area contributed by atoms with Crippen LogP contribution < -0.4 is 0 Å². The van der Waals surface area contributed by atoms with Crippen molar-refractivity contribution >= 4 is 11.6 Å². The minimum absolute atomic E-state index is 0.0718. The number of aliphatic hydroxyl groups excluding tert-OH is 1. The monoisotopic (exact) mass is 128 g/mol. The molecule has 0 aliphatic rings. The molecule has 0 saturated carbocycles. The summed E-state index contributed by atoms with van der Waals surface area (Å²) in [5.74, 6) is -1.20. The molecule has 0 atom stereocenters. The van der Waals surface area contributed by atoms with Gasteiger partial charge in [0.25, 0.3) is 0 Å². The molecule has 0 spiro atoms. The van der Waals surface area contributed by atoms with Crippen LogP contribution in [0, 0.1) is 0 Å². The maximum absolute atomic E-state index is 10.5. The van der Waals surface area contributed by atoms with Crippen molar-refractivity contribution in [2.75, 3.05) is 0 Å². The van der Waals surface area contributed by atoms with Gasteiger partial charge in [0.15, 0.2) is 5.78 Å². The molecule has 0 saturated heterocycles. The first-order chi connectivity index (χ1) is 4.09. The van der Waals surface area contributed by atoms with E-state index in [0.29, 0.717) is 6.26 Å². The van der Waals surface area contributed by atoms with Gasteiger partial charge in [-0.3, -0.25) is 9.59 Å². The maximum atomic E-state index is 10.5. The maximum Gasteiger partial charge on any atom is 0.227 e. The summed E-state index contributed by atoms with van der Waals surface area (Å²) in [5.41, 5.74) is 0.0718. The molecule has 0 amide bonds. The predicted molar refractivity (Wildman–Crippen MR) is 32.1 cm³/mol. The quantitative estimate of drug-likeness (QED) is 0.336. The van der Waals surface area contributed by atoms with Gasteiger partial charge in [0.05, 0.1) is 6.26 Å². The van der Waals surface area contributed by atoms with Gasteiger partial charge in [-0.25, -0.2) is 0 Å². The van der Waals surface area contributed by atoms with Gasteiger partial charge in [0.1, 0.15) is 0 Å².